The van der Waals surface area contributed by atoms with E-state index in [1.807, 2.05) is 0 Å². The Morgan fingerprint density at radius 1 is 1.05 bits per heavy atom. The molecule has 0 saturated carbocycles. The average molecular weight is 539 g/mol. The van der Waals surface area contributed by atoms with Gasteiger partial charge in [0.05, 0.1) is 21.7 Å². The molecule has 4 aromatic rings. The fourth-order valence-electron chi connectivity index (χ4n) is 3.87. The van der Waals surface area contributed by atoms with Crippen LogP contribution in [0, 0.1) is 18.3 Å². The summed E-state index contributed by atoms with van der Waals surface area (Å²) >= 11 is 0. The molecule has 0 atom stereocenters. The van der Waals surface area contributed by atoms with Crippen molar-refractivity contribution in [3.05, 3.63) is 95.5 Å². The van der Waals surface area contributed by atoms with Crippen molar-refractivity contribution in [3.8, 4) is 17.3 Å². The second-order valence-corrected chi connectivity index (χ2v) is 10.5. The predicted octanol–water partition coefficient (Wildman–Crippen LogP) is 5.42. The number of nitriles is 1. The monoisotopic (exact) mass is 538 g/mol. The number of pyridine rings is 1. The molecule has 0 bridgehead atoms. The van der Waals surface area contributed by atoms with Crippen molar-refractivity contribution < 1.29 is 26.4 Å². The number of hydrogen-bond donors (Lipinski definition) is 0. The van der Waals surface area contributed by atoms with Gasteiger partial charge in [-0.15, -0.1) is 0 Å². The Hall–Kier alpha value is -4.43. The van der Waals surface area contributed by atoms with Crippen molar-refractivity contribution in [1.29, 1.82) is 5.26 Å². The smallest absolute Gasteiger partial charge is 0.382 e. The molecular formula is C27H21F3N4O3S. The third-order valence-corrected chi connectivity index (χ3v) is 7.43. The van der Waals surface area contributed by atoms with E-state index in [0.29, 0.717) is 5.39 Å². The van der Waals surface area contributed by atoms with Gasteiger partial charge in [0.25, 0.3) is 10.0 Å². The van der Waals surface area contributed by atoms with Crippen LogP contribution >= 0.6 is 0 Å². The second-order valence-electron chi connectivity index (χ2n) is 8.76. The van der Waals surface area contributed by atoms with Crippen molar-refractivity contribution in [2.45, 2.75) is 18.0 Å². The van der Waals surface area contributed by atoms with Crippen molar-refractivity contribution in [2.24, 2.45) is 0 Å². The molecule has 0 aliphatic carbocycles. The summed E-state index contributed by atoms with van der Waals surface area (Å²) in [5.41, 5.74) is -0.439. The van der Waals surface area contributed by atoms with E-state index in [9.17, 15) is 31.6 Å². The van der Waals surface area contributed by atoms with Crippen LogP contribution in [0.2, 0.25) is 0 Å². The van der Waals surface area contributed by atoms with Gasteiger partial charge in [-0.25, -0.2) is 12.4 Å². The molecule has 7 nitrogen and oxygen atoms in total. The Bertz CT molecular complexity index is 1730. The Morgan fingerprint density at radius 2 is 1.74 bits per heavy atom. The van der Waals surface area contributed by atoms with Gasteiger partial charge in [-0.3, -0.25) is 9.78 Å². The second kappa shape index (κ2) is 9.79. The van der Waals surface area contributed by atoms with Crippen LogP contribution < -0.4 is 0 Å². The normalized spacial score (nSPS) is 12.4. The molecule has 0 aliphatic rings. The number of nitrogens with zero attached hydrogens (tertiary/aromatic N) is 4. The van der Waals surface area contributed by atoms with E-state index < -0.39 is 27.5 Å². The van der Waals surface area contributed by atoms with E-state index in [1.54, 1.807) is 39.2 Å². The number of aromatic nitrogens is 2. The molecule has 194 valence electrons. The van der Waals surface area contributed by atoms with Crippen molar-refractivity contribution in [3.63, 3.8) is 0 Å². The summed E-state index contributed by atoms with van der Waals surface area (Å²) in [6.45, 7) is 1.79. The minimum Gasteiger partial charge on any atom is -0.382 e. The molecule has 2 aromatic heterocycles. The van der Waals surface area contributed by atoms with Gasteiger partial charge < -0.3 is 4.90 Å². The Morgan fingerprint density at radius 3 is 2.34 bits per heavy atom. The molecule has 0 N–H and O–H groups in total. The summed E-state index contributed by atoms with van der Waals surface area (Å²) in [7, 11) is -1.15. The zero-order chi connectivity index (χ0) is 27.8. The molecule has 4 rings (SSSR count). The highest BCUT2D eigenvalue weighted by Gasteiger charge is 2.31. The standard InChI is InChI=1S/C27H21F3N4O3S/c1-17-4-8-22(9-5-17)38(36,37)34-24-12-18(23-14-21(10-11-32-23)27(28,29)30)6-7-19(24)13-25(34)26(35)20(15-31)16-33(2)3/h4-14,16H,1-3H3. The number of ketones is 1. The molecule has 0 unspecified atom stereocenters. The van der Waals surface area contributed by atoms with Crippen molar-refractivity contribution >= 4 is 26.7 Å². The molecule has 0 amide bonds. The maximum atomic E-state index is 13.8. The van der Waals surface area contributed by atoms with E-state index in [0.717, 1.165) is 27.9 Å². The summed E-state index contributed by atoms with van der Waals surface area (Å²) in [5.74, 6) is -0.827. The van der Waals surface area contributed by atoms with Crippen molar-refractivity contribution in [1.82, 2.24) is 13.9 Å². The molecule has 0 aliphatic heterocycles. The van der Waals surface area contributed by atoms with Crippen molar-refractivity contribution in [2.75, 3.05) is 14.1 Å². The fraction of sp³-hybridized carbons (Fsp3) is 0.148. The number of Topliss-reactive ketones (excluding diaryl/α,β-unsaturated/α-hetero) is 1. The third-order valence-electron chi connectivity index (χ3n) is 5.69. The van der Waals surface area contributed by atoms with Crippen LogP contribution in [0.4, 0.5) is 13.2 Å². The van der Waals surface area contributed by atoms with Gasteiger partial charge >= 0.3 is 6.18 Å². The van der Waals surface area contributed by atoms with E-state index in [2.05, 4.69) is 4.98 Å². The summed E-state index contributed by atoms with van der Waals surface area (Å²) in [6.07, 6.45) is -2.30. The molecule has 0 radical (unpaired) electrons. The SMILES string of the molecule is Cc1ccc(S(=O)(=O)n2c(C(=O)C(C#N)=CN(C)C)cc3ccc(-c4cc(C(F)(F)F)ccn4)cc32)cc1. The number of alkyl halides is 3. The summed E-state index contributed by atoms with van der Waals surface area (Å²) in [4.78, 5) is 18.8. The predicted molar refractivity (Wildman–Crippen MR) is 136 cm³/mol. The van der Waals surface area contributed by atoms with Gasteiger partial charge in [0.15, 0.2) is 0 Å². The number of benzene rings is 2. The number of allylic oxidation sites excluding steroid dienone is 1. The maximum absolute atomic E-state index is 13.8. The molecule has 2 heterocycles. The molecular weight excluding hydrogens is 517 g/mol. The number of hydrogen-bond acceptors (Lipinski definition) is 6. The number of carbonyl (C=O) groups excluding carboxylic acids is 1. The van der Waals surface area contributed by atoms with E-state index in [4.69, 9.17) is 0 Å². The van der Waals surface area contributed by atoms with Gasteiger partial charge in [0.1, 0.15) is 17.3 Å². The average Bonchev–Trinajstić information content (AvgIpc) is 3.26. The van der Waals surface area contributed by atoms with Crippen LogP contribution in [0.5, 0.6) is 0 Å². The van der Waals surface area contributed by atoms with Crippen LogP contribution in [-0.4, -0.2) is 42.2 Å². The van der Waals surface area contributed by atoms with Gasteiger partial charge in [0, 0.05) is 37.4 Å². The van der Waals surface area contributed by atoms with Gasteiger partial charge in [-0.2, -0.15) is 18.4 Å². The lowest BCUT2D eigenvalue weighted by Gasteiger charge is -2.13. The quantitative estimate of drug-likeness (QED) is 0.185. The number of halogens is 3. The Balaban J connectivity index is 2.01. The van der Waals surface area contributed by atoms with Crippen LogP contribution in [0.15, 0.2) is 83.5 Å². The molecule has 0 fully saturated rings. The highest BCUT2D eigenvalue weighted by atomic mass is 32.2. The lowest BCUT2D eigenvalue weighted by molar-refractivity contribution is -0.137. The summed E-state index contributed by atoms with van der Waals surface area (Å²) in [5, 5.41) is 9.92. The largest absolute Gasteiger partial charge is 0.416 e. The van der Waals surface area contributed by atoms with Crippen LogP contribution in [0.25, 0.3) is 22.2 Å². The topological polar surface area (TPSA) is 96.1 Å². The minimum atomic E-state index is -4.59. The minimum absolute atomic E-state index is 0.0275. The van der Waals surface area contributed by atoms with E-state index in [1.165, 1.54) is 47.5 Å². The Labute approximate surface area is 217 Å². The number of carbonyl (C=O) groups is 1. The van der Waals surface area contributed by atoms with Gasteiger partial charge in [0.2, 0.25) is 5.78 Å². The summed E-state index contributed by atoms with van der Waals surface area (Å²) in [6, 6.07) is 15.2. The first-order valence-corrected chi connectivity index (χ1v) is 12.6. The first kappa shape index (κ1) is 26.6. The number of rotatable bonds is 6. The number of aryl methyl sites for hydroxylation is 1. The molecule has 11 heteroatoms. The van der Waals surface area contributed by atoms with Crippen LogP contribution in [-0.2, 0) is 16.2 Å². The Kier molecular flexibility index (Phi) is 6.86. The van der Waals surface area contributed by atoms with Gasteiger partial charge in [-0.1, -0.05) is 29.8 Å². The zero-order valence-electron chi connectivity index (χ0n) is 20.5. The summed E-state index contributed by atoms with van der Waals surface area (Å²) < 4.78 is 68.4. The molecule has 0 spiro atoms. The van der Waals surface area contributed by atoms with Gasteiger partial charge in [-0.05, 0) is 43.3 Å². The highest BCUT2D eigenvalue weighted by molar-refractivity contribution is 7.90. The van der Waals surface area contributed by atoms with Crippen LogP contribution in [0.3, 0.4) is 0 Å². The third kappa shape index (κ3) is 5.03. The molecule has 38 heavy (non-hydrogen) atoms. The first-order chi connectivity index (χ1) is 17.8. The molecule has 0 saturated heterocycles. The van der Waals surface area contributed by atoms with Crippen LogP contribution in [0.1, 0.15) is 21.6 Å². The molecule has 2 aromatic carbocycles. The lowest BCUT2D eigenvalue weighted by Crippen LogP contribution is -2.20. The number of fused-ring (bicyclic) bond motifs is 1. The lowest BCUT2D eigenvalue weighted by atomic mass is 10.1. The van der Waals surface area contributed by atoms with E-state index >= 15 is 0 Å². The highest BCUT2D eigenvalue weighted by Crippen LogP contribution is 2.34. The fourth-order valence-corrected chi connectivity index (χ4v) is 5.37. The first-order valence-electron chi connectivity index (χ1n) is 11.2. The van der Waals surface area contributed by atoms with E-state index in [-0.39, 0.29) is 32.9 Å². The zero-order valence-corrected chi connectivity index (χ0v) is 21.3. The maximum Gasteiger partial charge on any atom is 0.416 e.